The Balaban J connectivity index is 0.00000441. The van der Waals surface area contributed by atoms with Crippen molar-refractivity contribution in [1.82, 2.24) is 0 Å². The summed E-state index contributed by atoms with van der Waals surface area (Å²) in [5.41, 5.74) is 7.18. The lowest BCUT2D eigenvalue weighted by molar-refractivity contribution is -0.140. The molecule has 1 aromatic carbocycles. The minimum absolute atomic E-state index is 0. The quantitative estimate of drug-likeness (QED) is 0.705. The number of amides is 1. The molecule has 0 aromatic heterocycles. The van der Waals surface area contributed by atoms with E-state index in [0.717, 1.165) is 5.56 Å². The zero-order chi connectivity index (χ0) is 15.7. The second kappa shape index (κ2) is 11.0. The summed E-state index contributed by atoms with van der Waals surface area (Å²) < 4.78 is 9.65. The molecule has 1 rings (SSSR count). The number of nitrogens with two attached hydrogens (primary N) is 1. The first-order valence-electron chi connectivity index (χ1n) is 6.77. The third-order valence-electron chi connectivity index (χ3n) is 3.09. The molecular weight excluding hydrogens is 308 g/mol. The summed E-state index contributed by atoms with van der Waals surface area (Å²) in [6.45, 7) is 0.302. The lowest BCUT2D eigenvalue weighted by Crippen LogP contribution is -2.28. The van der Waals surface area contributed by atoms with E-state index < -0.39 is 0 Å². The minimum Gasteiger partial charge on any atom is -0.469 e. The van der Waals surface area contributed by atoms with Gasteiger partial charge in [0.05, 0.1) is 19.6 Å². The molecule has 0 aliphatic carbocycles. The van der Waals surface area contributed by atoms with E-state index in [4.69, 9.17) is 10.5 Å². The second-order valence-electron chi connectivity index (χ2n) is 4.62. The van der Waals surface area contributed by atoms with Gasteiger partial charge in [0, 0.05) is 25.8 Å². The van der Waals surface area contributed by atoms with Crippen LogP contribution in [0.1, 0.15) is 18.4 Å². The van der Waals surface area contributed by atoms with Crippen LogP contribution in [0.4, 0.5) is 5.69 Å². The van der Waals surface area contributed by atoms with Crippen molar-refractivity contribution in [2.45, 2.75) is 25.4 Å². The Morgan fingerprint density at radius 1 is 1.23 bits per heavy atom. The maximum Gasteiger partial charge on any atom is 0.305 e. The van der Waals surface area contributed by atoms with Crippen molar-refractivity contribution in [1.29, 1.82) is 0 Å². The first-order chi connectivity index (χ1) is 10.1. The van der Waals surface area contributed by atoms with E-state index in [2.05, 4.69) is 10.1 Å². The van der Waals surface area contributed by atoms with Crippen LogP contribution >= 0.6 is 12.4 Å². The first kappa shape index (κ1) is 20.4. The zero-order valence-corrected chi connectivity index (χ0v) is 13.7. The maximum atomic E-state index is 11.8. The summed E-state index contributed by atoms with van der Waals surface area (Å²) in [5, 5.41) is 2.78. The Hall–Kier alpha value is -1.63. The highest BCUT2D eigenvalue weighted by Gasteiger charge is 2.11. The van der Waals surface area contributed by atoms with E-state index in [-0.39, 0.29) is 36.8 Å². The Morgan fingerprint density at radius 2 is 1.86 bits per heavy atom. The van der Waals surface area contributed by atoms with E-state index >= 15 is 0 Å². The van der Waals surface area contributed by atoms with Gasteiger partial charge in [-0.1, -0.05) is 12.1 Å². The maximum absolute atomic E-state index is 11.8. The Labute approximate surface area is 136 Å². The highest BCUT2D eigenvalue weighted by atomic mass is 35.5. The zero-order valence-electron chi connectivity index (χ0n) is 12.8. The number of hydrogen-bond donors (Lipinski definition) is 2. The molecule has 0 aliphatic heterocycles. The summed E-state index contributed by atoms with van der Waals surface area (Å²) in [4.78, 5) is 22.8. The molecule has 0 bridgehead atoms. The molecule has 1 aromatic rings. The van der Waals surface area contributed by atoms with Crippen molar-refractivity contribution < 1.29 is 19.1 Å². The molecule has 0 aliphatic rings. The van der Waals surface area contributed by atoms with Crippen LogP contribution < -0.4 is 11.1 Å². The Morgan fingerprint density at radius 3 is 2.36 bits per heavy atom. The summed E-state index contributed by atoms with van der Waals surface area (Å²) in [5.74, 6) is -0.380. The van der Waals surface area contributed by atoms with Crippen molar-refractivity contribution >= 4 is 30.0 Å². The van der Waals surface area contributed by atoms with Gasteiger partial charge in [-0.3, -0.25) is 9.59 Å². The van der Waals surface area contributed by atoms with Crippen LogP contribution in [0.25, 0.3) is 0 Å². The largest absolute Gasteiger partial charge is 0.469 e. The van der Waals surface area contributed by atoms with E-state index in [1.165, 1.54) is 14.2 Å². The van der Waals surface area contributed by atoms with Gasteiger partial charge in [0.2, 0.25) is 5.91 Å². The van der Waals surface area contributed by atoms with Crippen LogP contribution in [0.2, 0.25) is 0 Å². The van der Waals surface area contributed by atoms with Crippen LogP contribution in [0.3, 0.4) is 0 Å². The minimum atomic E-state index is -0.274. The van der Waals surface area contributed by atoms with Gasteiger partial charge in [-0.15, -0.1) is 12.4 Å². The molecule has 1 atom stereocenters. The molecule has 0 fully saturated rings. The number of methoxy groups -OCH3 is 2. The number of rotatable bonds is 8. The van der Waals surface area contributed by atoms with Gasteiger partial charge in [-0.05, 0) is 24.1 Å². The van der Waals surface area contributed by atoms with Crippen molar-refractivity contribution in [2.75, 3.05) is 26.1 Å². The Kier molecular flexibility index (Phi) is 10.2. The van der Waals surface area contributed by atoms with Crippen LogP contribution in [0.5, 0.6) is 0 Å². The van der Waals surface area contributed by atoms with E-state index in [9.17, 15) is 9.59 Å². The normalized spacial score (nSPS) is 11.2. The second-order valence-corrected chi connectivity index (χ2v) is 4.62. The number of esters is 1. The monoisotopic (exact) mass is 330 g/mol. The summed E-state index contributed by atoms with van der Waals surface area (Å²) in [6, 6.07) is 7.34. The number of ether oxygens (including phenoxy) is 2. The molecule has 124 valence electrons. The van der Waals surface area contributed by atoms with Crippen LogP contribution in [0.15, 0.2) is 24.3 Å². The Bertz CT molecular complexity index is 461. The highest BCUT2D eigenvalue weighted by molar-refractivity contribution is 5.91. The molecule has 6 nitrogen and oxygen atoms in total. The molecule has 1 unspecified atom stereocenters. The van der Waals surface area contributed by atoms with Crippen molar-refractivity contribution in [3.05, 3.63) is 29.8 Å². The van der Waals surface area contributed by atoms with Gasteiger partial charge in [0.15, 0.2) is 0 Å². The fraction of sp³-hybridized carbons (Fsp3) is 0.467. The molecule has 22 heavy (non-hydrogen) atoms. The fourth-order valence-corrected chi connectivity index (χ4v) is 1.78. The highest BCUT2D eigenvalue weighted by Crippen LogP contribution is 2.12. The number of anilines is 1. The fourth-order valence-electron chi connectivity index (χ4n) is 1.78. The summed E-state index contributed by atoms with van der Waals surface area (Å²) in [6.07, 6.45) is 0.898. The van der Waals surface area contributed by atoms with Gasteiger partial charge in [0.25, 0.3) is 0 Å². The topological polar surface area (TPSA) is 90.7 Å². The lowest BCUT2D eigenvalue weighted by atomic mass is 10.1. The van der Waals surface area contributed by atoms with E-state index in [1.54, 1.807) is 12.1 Å². The average Bonchev–Trinajstić information content (AvgIpc) is 2.51. The number of carbonyl (C=O) groups is 2. The van der Waals surface area contributed by atoms with Gasteiger partial charge in [0.1, 0.15) is 0 Å². The molecule has 0 spiro atoms. The van der Waals surface area contributed by atoms with Crippen LogP contribution in [-0.2, 0) is 25.5 Å². The summed E-state index contributed by atoms with van der Waals surface area (Å²) in [7, 11) is 2.90. The molecule has 0 saturated heterocycles. The van der Waals surface area contributed by atoms with E-state index in [1.807, 2.05) is 12.1 Å². The third kappa shape index (κ3) is 7.40. The average molecular weight is 331 g/mol. The first-order valence-corrected chi connectivity index (χ1v) is 6.77. The molecule has 7 heteroatoms. The number of halogens is 1. The number of carbonyl (C=O) groups excluding carboxylic acids is 2. The van der Waals surface area contributed by atoms with Gasteiger partial charge >= 0.3 is 5.97 Å². The third-order valence-corrected chi connectivity index (χ3v) is 3.09. The molecule has 3 N–H and O–H groups in total. The van der Waals surface area contributed by atoms with Crippen molar-refractivity contribution in [3.8, 4) is 0 Å². The molecule has 0 heterocycles. The molecule has 0 radical (unpaired) electrons. The molecular formula is C15H23ClN2O4. The number of nitrogens with one attached hydrogen (secondary N) is 1. The SMILES string of the molecule is COC(=O)CCc1ccc(NC(=O)CC(CN)OC)cc1.Cl. The predicted molar refractivity (Wildman–Crippen MR) is 87.1 cm³/mol. The van der Waals surface area contributed by atoms with Gasteiger partial charge in [-0.2, -0.15) is 0 Å². The van der Waals surface area contributed by atoms with Crippen molar-refractivity contribution in [2.24, 2.45) is 5.73 Å². The predicted octanol–water partition coefficient (Wildman–Crippen LogP) is 1.52. The van der Waals surface area contributed by atoms with Gasteiger partial charge < -0.3 is 20.5 Å². The summed E-state index contributed by atoms with van der Waals surface area (Å²) >= 11 is 0. The smallest absolute Gasteiger partial charge is 0.305 e. The standard InChI is InChI=1S/C15H22N2O4.ClH/c1-20-13(10-16)9-14(18)17-12-6-3-11(4-7-12)5-8-15(19)21-2;/h3-4,6-7,13H,5,8-10,16H2,1-2H3,(H,17,18);1H. The molecule has 1 amide bonds. The van der Waals surface area contributed by atoms with Crippen LogP contribution in [0, 0.1) is 0 Å². The number of benzene rings is 1. The number of hydrogen-bond acceptors (Lipinski definition) is 5. The van der Waals surface area contributed by atoms with Gasteiger partial charge in [-0.25, -0.2) is 0 Å². The number of aryl methyl sites for hydroxylation is 1. The van der Waals surface area contributed by atoms with E-state index in [0.29, 0.717) is 25.1 Å². The lowest BCUT2D eigenvalue weighted by Gasteiger charge is -2.12. The molecule has 0 saturated carbocycles. The van der Waals surface area contributed by atoms with Crippen molar-refractivity contribution in [3.63, 3.8) is 0 Å². The van der Waals surface area contributed by atoms with Crippen LogP contribution in [-0.4, -0.2) is 38.7 Å².